The van der Waals surface area contributed by atoms with E-state index in [9.17, 15) is 0 Å². The zero-order chi connectivity index (χ0) is 14.5. The first-order valence-corrected chi connectivity index (χ1v) is 8.59. The Balaban J connectivity index is 1.96. The fourth-order valence-corrected chi connectivity index (χ4v) is 3.48. The Morgan fingerprint density at radius 2 is 2.05 bits per heavy atom. The van der Waals surface area contributed by atoms with Crippen LogP contribution >= 0.6 is 15.9 Å². The second-order valence-corrected chi connectivity index (χ2v) is 7.05. The van der Waals surface area contributed by atoms with Crippen molar-refractivity contribution in [2.75, 3.05) is 20.1 Å². The largest absolute Gasteiger partial charge is 0.307 e. The minimum Gasteiger partial charge on any atom is -0.307 e. The number of hydrogen-bond acceptors (Lipinski definition) is 2. The summed E-state index contributed by atoms with van der Waals surface area (Å²) in [5.41, 5.74) is 1.40. The van der Waals surface area contributed by atoms with Crippen molar-refractivity contribution < 1.29 is 0 Å². The third kappa shape index (κ3) is 4.31. The van der Waals surface area contributed by atoms with Crippen LogP contribution in [0.15, 0.2) is 28.7 Å². The molecule has 1 N–H and O–H groups in total. The van der Waals surface area contributed by atoms with Gasteiger partial charge in [0.05, 0.1) is 0 Å². The highest BCUT2D eigenvalue weighted by atomic mass is 79.9. The summed E-state index contributed by atoms with van der Waals surface area (Å²) >= 11 is 3.51. The summed E-state index contributed by atoms with van der Waals surface area (Å²) in [5, 5.41) is 3.85. The van der Waals surface area contributed by atoms with E-state index in [0.29, 0.717) is 12.1 Å². The standard InChI is InChI=1S/C17H27BrN2/c1-4-17(14-7-9-16(18)10-8-14)19-13(2)15-6-5-11-20(3)12-15/h7-10,13,15,17,19H,4-6,11-12H2,1-3H3. The van der Waals surface area contributed by atoms with Crippen molar-refractivity contribution in [1.29, 1.82) is 0 Å². The maximum Gasteiger partial charge on any atom is 0.0320 e. The van der Waals surface area contributed by atoms with E-state index in [2.05, 4.69) is 71.3 Å². The molecule has 0 amide bonds. The maximum atomic E-state index is 3.85. The molecule has 0 aliphatic carbocycles. The van der Waals surface area contributed by atoms with Gasteiger partial charge in [0.15, 0.2) is 0 Å². The molecule has 112 valence electrons. The summed E-state index contributed by atoms with van der Waals surface area (Å²) in [7, 11) is 2.24. The molecular formula is C17H27BrN2. The van der Waals surface area contributed by atoms with E-state index in [-0.39, 0.29) is 0 Å². The number of halogens is 1. The summed E-state index contributed by atoms with van der Waals surface area (Å²) in [4.78, 5) is 2.47. The molecule has 3 heteroatoms. The van der Waals surface area contributed by atoms with Crippen LogP contribution in [0.2, 0.25) is 0 Å². The summed E-state index contributed by atoms with van der Waals surface area (Å²) in [6.07, 6.45) is 3.83. The molecule has 0 spiro atoms. The Labute approximate surface area is 132 Å². The number of likely N-dealkylation sites (tertiary alicyclic amines) is 1. The summed E-state index contributed by atoms with van der Waals surface area (Å²) in [5.74, 6) is 0.776. The first-order valence-electron chi connectivity index (χ1n) is 7.80. The Morgan fingerprint density at radius 3 is 2.65 bits per heavy atom. The van der Waals surface area contributed by atoms with E-state index < -0.39 is 0 Å². The average Bonchev–Trinajstić information content (AvgIpc) is 2.45. The van der Waals surface area contributed by atoms with Crippen LogP contribution in [0.3, 0.4) is 0 Å². The first-order chi connectivity index (χ1) is 9.60. The van der Waals surface area contributed by atoms with Crippen LogP contribution in [0.5, 0.6) is 0 Å². The molecule has 0 aromatic heterocycles. The molecule has 0 radical (unpaired) electrons. The Kier molecular flexibility index (Phi) is 6.06. The Bertz CT molecular complexity index is 404. The van der Waals surface area contributed by atoms with E-state index in [0.717, 1.165) is 16.8 Å². The molecule has 1 aliphatic rings. The lowest BCUT2D eigenvalue weighted by Gasteiger charge is -2.35. The fourth-order valence-electron chi connectivity index (χ4n) is 3.21. The minimum absolute atomic E-state index is 0.463. The van der Waals surface area contributed by atoms with Crippen LogP contribution in [0.4, 0.5) is 0 Å². The lowest BCUT2D eigenvalue weighted by molar-refractivity contribution is 0.172. The molecule has 1 saturated heterocycles. The maximum absolute atomic E-state index is 3.85. The van der Waals surface area contributed by atoms with Gasteiger partial charge in [-0.25, -0.2) is 0 Å². The molecule has 1 aromatic rings. The molecule has 1 heterocycles. The van der Waals surface area contributed by atoms with E-state index in [1.807, 2.05) is 0 Å². The van der Waals surface area contributed by atoms with Gasteiger partial charge in [-0.3, -0.25) is 0 Å². The van der Waals surface area contributed by atoms with E-state index in [1.165, 1.54) is 31.5 Å². The van der Waals surface area contributed by atoms with Crippen LogP contribution in [0.25, 0.3) is 0 Å². The van der Waals surface area contributed by atoms with Gasteiger partial charge in [0.2, 0.25) is 0 Å². The molecule has 1 fully saturated rings. The monoisotopic (exact) mass is 338 g/mol. The number of piperidine rings is 1. The molecular weight excluding hydrogens is 312 g/mol. The van der Waals surface area contributed by atoms with Crippen molar-refractivity contribution in [3.05, 3.63) is 34.3 Å². The van der Waals surface area contributed by atoms with E-state index in [4.69, 9.17) is 0 Å². The third-order valence-corrected chi connectivity index (χ3v) is 5.04. The van der Waals surface area contributed by atoms with Crippen LogP contribution in [-0.2, 0) is 0 Å². The average molecular weight is 339 g/mol. The fraction of sp³-hybridized carbons (Fsp3) is 0.647. The van der Waals surface area contributed by atoms with Crippen molar-refractivity contribution in [1.82, 2.24) is 10.2 Å². The number of rotatable bonds is 5. The van der Waals surface area contributed by atoms with E-state index in [1.54, 1.807) is 0 Å². The number of nitrogens with zero attached hydrogens (tertiary/aromatic N) is 1. The van der Waals surface area contributed by atoms with Gasteiger partial charge in [-0.05, 0) is 63.4 Å². The van der Waals surface area contributed by atoms with Crippen LogP contribution in [-0.4, -0.2) is 31.1 Å². The van der Waals surface area contributed by atoms with Gasteiger partial charge in [0.25, 0.3) is 0 Å². The SMILES string of the molecule is CCC(NC(C)C1CCCN(C)C1)c1ccc(Br)cc1. The Morgan fingerprint density at radius 1 is 1.35 bits per heavy atom. The zero-order valence-electron chi connectivity index (χ0n) is 12.9. The molecule has 2 nitrogen and oxygen atoms in total. The molecule has 3 unspecified atom stereocenters. The summed E-state index contributed by atoms with van der Waals surface area (Å²) in [6.45, 7) is 7.10. The highest BCUT2D eigenvalue weighted by Crippen LogP contribution is 2.24. The third-order valence-electron chi connectivity index (χ3n) is 4.51. The number of benzene rings is 1. The molecule has 1 aromatic carbocycles. The normalized spacial score (nSPS) is 23.5. The van der Waals surface area contributed by atoms with Crippen molar-refractivity contribution in [2.24, 2.45) is 5.92 Å². The van der Waals surface area contributed by atoms with Crippen LogP contribution in [0, 0.1) is 5.92 Å². The summed E-state index contributed by atoms with van der Waals surface area (Å²) in [6, 6.07) is 9.77. The zero-order valence-corrected chi connectivity index (χ0v) is 14.5. The van der Waals surface area contributed by atoms with Gasteiger partial charge < -0.3 is 10.2 Å². The van der Waals surface area contributed by atoms with Crippen molar-refractivity contribution in [2.45, 2.75) is 45.2 Å². The van der Waals surface area contributed by atoms with Crippen molar-refractivity contribution >= 4 is 15.9 Å². The smallest absolute Gasteiger partial charge is 0.0320 e. The van der Waals surface area contributed by atoms with Crippen molar-refractivity contribution in [3.63, 3.8) is 0 Å². The van der Waals surface area contributed by atoms with E-state index >= 15 is 0 Å². The molecule has 20 heavy (non-hydrogen) atoms. The van der Waals surface area contributed by atoms with Crippen molar-refractivity contribution in [3.8, 4) is 0 Å². The molecule has 0 saturated carbocycles. The summed E-state index contributed by atoms with van der Waals surface area (Å²) < 4.78 is 1.15. The number of hydrogen-bond donors (Lipinski definition) is 1. The molecule has 3 atom stereocenters. The minimum atomic E-state index is 0.463. The predicted octanol–water partition coefficient (Wildman–Crippen LogP) is 4.22. The van der Waals surface area contributed by atoms with Gasteiger partial charge in [-0.2, -0.15) is 0 Å². The molecule has 1 aliphatic heterocycles. The van der Waals surface area contributed by atoms with Gasteiger partial charge in [-0.15, -0.1) is 0 Å². The topological polar surface area (TPSA) is 15.3 Å². The Hall–Kier alpha value is -0.380. The lowest BCUT2D eigenvalue weighted by atomic mass is 9.90. The second-order valence-electron chi connectivity index (χ2n) is 6.13. The van der Waals surface area contributed by atoms with Gasteiger partial charge in [0.1, 0.15) is 0 Å². The van der Waals surface area contributed by atoms with Gasteiger partial charge in [0, 0.05) is 23.1 Å². The molecule has 2 rings (SSSR count). The van der Waals surface area contributed by atoms with Gasteiger partial charge in [-0.1, -0.05) is 35.0 Å². The highest BCUT2D eigenvalue weighted by molar-refractivity contribution is 9.10. The quantitative estimate of drug-likeness (QED) is 0.864. The number of nitrogens with one attached hydrogen (secondary N) is 1. The molecule has 0 bridgehead atoms. The first kappa shape index (κ1) is 16.0. The predicted molar refractivity (Wildman–Crippen MR) is 90.0 cm³/mol. The van der Waals surface area contributed by atoms with Gasteiger partial charge >= 0.3 is 0 Å². The van der Waals surface area contributed by atoms with Crippen LogP contribution in [0.1, 0.15) is 44.7 Å². The lowest BCUT2D eigenvalue weighted by Crippen LogP contribution is -2.44. The van der Waals surface area contributed by atoms with Crippen LogP contribution < -0.4 is 5.32 Å². The second kappa shape index (κ2) is 7.58. The highest BCUT2D eigenvalue weighted by Gasteiger charge is 2.24.